The van der Waals surface area contributed by atoms with Crippen LogP contribution in [0, 0.1) is 5.41 Å². The van der Waals surface area contributed by atoms with Crippen LogP contribution in [0.2, 0.25) is 0 Å². The molecule has 0 saturated carbocycles. The van der Waals surface area contributed by atoms with Gasteiger partial charge in [0.2, 0.25) is 0 Å². The number of ether oxygens (including phenoxy) is 1. The van der Waals surface area contributed by atoms with E-state index in [4.69, 9.17) is 14.8 Å². The Labute approximate surface area is 151 Å². The summed E-state index contributed by atoms with van der Waals surface area (Å²) < 4.78 is 5.52. The zero-order valence-electron chi connectivity index (χ0n) is 14.1. The van der Waals surface area contributed by atoms with E-state index in [-0.39, 0.29) is 0 Å². The predicted octanol–water partition coefficient (Wildman–Crippen LogP) is 3.51. The monoisotopic (exact) mass is 358 g/mol. The van der Waals surface area contributed by atoms with Crippen molar-refractivity contribution in [3.05, 3.63) is 40.9 Å². The molecule has 1 aromatic carbocycles. The molecule has 0 amide bonds. The fraction of sp³-hybridized carbons (Fsp3) is 0.474. The molecule has 132 valence electrons. The molecule has 1 spiro atoms. The van der Waals surface area contributed by atoms with Crippen molar-refractivity contribution >= 4 is 17.3 Å². The maximum Gasteiger partial charge on any atom is 0.335 e. The number of carbonyl (C=O) groups is 1. The lowest BCUT2D eigenvalue weighted by atomic mass is 9.80. The van der Waals surface area contributed by atoms with Gasteiger partial charge in [0.1, 0.15) is 5.01 Å². The molecular weight excluding hydrogens is 336 g/mol. The van der Waals surface area contributed by atoms with Gasteiger partial charge in [0.25, 0.3) is 0 Å². The average molecular weight is 358 g/mol. The van der Waals surface area contributed by atoms with Crippen LogP contribution in [0.3, 0.4) is 0 Å². The fourth-order valence-corrected chi connectivity index (χ4v) is 4.71. The number of benzene rings is 1. The van der Waals surface area contributed by atoms with Crippen molar-refractivity contribution in [2.24, 2.45) is 5.41 Å². The van der Waals surface area contributed by atoms with Gasteiger partial charge in [-0.3, -0.25) is 4.90 Å². The minimum Gasteiger partial charge on any atom is -0.478 e. The first kappa shape index (κ1) is 16.7. The van der Waals surface area contributed by atoms with Crippen molar-refractivity contribution in [3.63, 3.8) is 0 Å². The van der Waals surface area contributed by atoms with Gasteiger partial charge in [-0.1, -0.05) is 12.1 Å². The molecule has 2 aliphatic heterocycles. The summed E-state index contributed by atoms with van der Waals surface area (Å²) in [6.07, 6.45) is 3.61. The van der Waals surface area contributed by atoms with Crippen LogP contribution in [0.1, 0.15) is 35.3 Å². The van der Waals surface area contributed by atoms with Crippen LogP contribution in [0.15, 0.2) is 29.6 Å². The Hall–Kier alpha value is -1.76. The molecule has 2 fully saturated rings. The number of aromatic carboxylic acids is 1. The highest BCUT2D eigenvalue weighted by Gasteiger charge is 2.39. The molecule has 2 aliphatic rings. The van der Waals surface area contributed by atoms with Gasteiger partial charge in [-0.05, 0) is 43.4 Å². The van der Waals surface area contributed by atoms with E-state index >= 15 is 0 Å². The van der Waals surface area contributed by atoms with E-state index in [1.807, 2.05) is 6.07 Å². The number of likely N-dealkylation sites (tertiary alicyclic amines) is 1. The Morgan fingerprint density at radius 1 is 1.32 bits per heavy atom. The van der Waals surface area contributed by atoms with Crippen molar-refractivity contribution in [1.82, 2.24) is 9.88 Å². The summed E-state index contributed by atoms with van der Waals surface area (Å²) in [4.78, 5) is 18.4. The number of hydrogen-bond acceptors (Lipinski definition) is 5. The molecule has 1 aromatic heterocycles. The Morgan fingerprint density at radius 3 is 2.96 bits per heavy atom. The fourth-order valence-electron chi connectivity index (χ4n) is 3.90. The van der Waals surface area contributed by atoms with E-state index in [0.717, 1.165) is 49.1 Å². The molecule has 2 saturated heterocycles. The number of hydrogen-bond donors (Lipinski definition) is 1. The molecular formula is C19H22N2O3S. The lowest BCUT2D eigenvalue weighted by Crippen LogP contribution is -2.32. The van der Waals surface area contributed by atoms with Gasteiger partial charge < -0.3 is 9.84 Å². The average Bonchev–Trinajstić information content (AvgIpc) is 3.24. The van der Waals surface area contributed by atoms with Gasteiger partial charge in [-0.25, -0.2) is 9.78 Å². The zero-order chi connectivity index (χ0) is 17.3. The lowest BCUT2D eigenvalue weighted by Gasteiger charge is -2.33. The Morgan fingerprint density at radius 2 is 2.16 bits per heavy atom. The summed E-state index contributed by atoms with van der Waals surface area (Å²) in [6.45, 7) is 4.93. The summed E-state index contributed by atoms with van der Waals surface area (Å²) in [5.41, 5.74) is 2.70. The standard InChI is InChI=1S/C19H22N2O3S/c22-18(23)15-3-1-2-14(10-15)17-20-16(12-25-17)11-21-7-4-19(13-21)5-8-24-9-6-19/h1-3,10,12H,4-9,11,13H2,(H,22,23). The summed E-state index contributed by atoms with van der Waals surface area (Å²) in [6, 6.07) is 6.99. The van der Waals surface area contributed by atoms with Gasteiger partial charge >= 0.3 is 5.97 Å². The molecule has 0 bridgehead atoms. The first-order chi connectivity index (χ1) is 12.1. The molecule has 3 heterocycles. The van der Waals surface area contributed by atoms with Crippen molar-refractivity contribution < 1.29 is 14.6 Å². The van der Waals surface area contributed by atoms with Crippen LogP contribution in [0.25, 0.3) is 10.6 Å². The van der Waals surface area contributed by atoms with Crippen LogP contribution in [0.5, 0.6) is 0 Å². The molecule has 0 unspecified atom stereocenters. The molecule has 6 heteroatoms. The molecule has 5 nitrogen and oxygen atoms in total. The van der Waals surface area contributed by atoms with Gasteiger partial charge in [0.15, 0.2) is 0 Å². The smallest absolute Gasteiger partial charge is 0.335 e. The first-order valence-electron chi connectivity index (χ1n) is 8.72. The Bertz CT molecular complexity index is 768. The van der Waals surface area contributed by atoms with Crippen molar-refractivity contribution in [1.29, 1.82) is 0 Å². The summed E-state index contributed by atoms with van der Waals surface area (Å²) >= 11 is 1.58. The Balaban J connectivity index is 1.44. The lowest BCUT2D eigenvalue weighted by molar-refractivity contribution is 0.0190. The first-order valence-corrected chi connectivity index (χ1v) is 9.60. The third-order valence-electron chi connectivity index (χ3n) is 5.36. The SMILES string of the molecule is O=C(O)c1cccc(-c2nc(CN3CCC4(CCOCC4)C3)cs2)c1. The van der Waals surface area contributed by atoms with Gasteiger partial charge in [-0.15, -0.1) is 11.3 Å². The maximum atomic E-state index is 11.1. The molecule has 0 atom stereocenters. The van der Waals surface area contributed by atoms with E-state index in [2.05, 4.69) is 10.3 Å². The van der Waals surface area contributed by atoms with Crippen LogP contribution < -0.4 is 0 Å². The molecule has 2 aromatic rings. The quantitative estimate of drug-likeness (QED) is 0.906. The molecule has 1 N–H and O–H groups in total. The van der Waals surface area contributed by atoms with E-state index in [0.29, 0.717) is 11.0 Å². The number of rotatable bonds is 4. The topological polar surface area (TPSA) is 62.7 Å². The van der Waals surface area contributed by atoms with Crippen LogP contribution in [-0.2, 0) is 11.3 Å². The van der Waals surface area contributed by atoms with Gasteiger partial charge in [0, 0.05) is 37.2 Å². The second kappa shape index (κ2) is 6.86. The normalized spacial score (nSPS) is 20.2. The predicted molar refractivity (Wildman–Crippen MR) is 96.9 cm³/mol. The van der Waals surface area contributed by atoms with Crippen LogP contribution in [0.4, 0.5) is 0 Å². The van der Waals surface area contributed by atoms with Crippen molar-refractivity contribution in [3.8, 4) is 10.6 Å². The summed E-state index contributed by atoms with van der Waals surface area (Å²) in [7, 11) is 0. The zero-order valence-corrected chi connectivity index (χ0v) is 14.9. The molecule has 0 radical (unpaired) electrons. The van der Waals surface area contributed by atoms with Crippen LogP contribution >= 0.6 is 11.3 Å². The number of aromatic nitrogens is 1. The third kappa shape index (κ3) is 3.61. The highest BCUT2D eigenvalue weighted by molar-refractivity contribution is 7.13. The number of carboxylic acid groups (broad SMARTS) is 1. The van der Waals surface area contributed by atoms with Crippen LogP contribution in [-0.4, -0.2) is 47.3 Å². The minimum atomic E-state index is -0.905. The van der Waals surface area contributed by atoms with Gasteiger partial charge in [-0.2, -0.15) is 0 Å². The number of carboxylic acids is 1. The second-order valence-corrected chi connectivity index (χ2v) is 7.96. The van der Waals surface area contributed by atoms with E-state index in [1.54, 1.807) is 29.5 Å². The highest BCUT2D eigenvalue weighted by Crippen LogP contribution is 2.40. The maximum absolute atomic E-state index is 11.1. The van der Waals surface area contributed by atoms with Crippen molar-refractivity contribution in [2.45, 2.75) is 25.8 Å². The largest absolute Gasteiger partial charge is 0.478 e. The van der Waals surface area contributed by atoms with E-state index < -0.39 is 5.97 Å². The Kier molecular flexibility index (Phi) is 4.58. The van der Waals surface area contributed by atoms with Crippen molar-refractivity contribution in [2.75, 3.05) is 26.3 Å². The summed E-state index contributed by atoms with van der Waals surface area (Å²) in [5, 5.41) is 12.1. The molecule has 0 aliphatic carbocycles. The second-order valence-electron chi connectivity index (χ2n) is 7.10. The molecule has 25 heavy (non-hydrogen) atoms. The number of thiazole rings is 1. The van der Waals surface area contributed by atoms with Gasteiger partial charge in [0.05, 0.1) is 11.3 Å². The summed E-state index contributed by atoms with van der Waals surface area (Å²) in [5.74, 6) is -0.905. The molecule has 4 rings (SSSR count). The number of nitrogens with zero attached hydrogens (tertiary/aromatic N) is 2. The third-order valence-corrected chi connectivity index (χ3v) is 6.30. The van der Waals surface area contributed by atoms with E-state index in [9.17, 15) is 4.79 Å². The highest BCUT2D eigenvalue weighted by atomic mass is 32.1. The minimum absolute atomic E-state index is 0.301. The van der Waals surface area contributed by atoms with E-state index in [1.165, 1.54) is 19.3 Å².